The SMILES string of the molecule is O=C(c1ccncc1)N1CCC(N2C(=O)CSC2=O)C1. The second-order valence-corrected chi connectivity index (χ2v) is 5.67. The van der Waals surface area contributed by atoms with Crippen molar-refractivity contribution in [3.8, 4) is 0 Å². The number of thioether (sulfide) groups is 1. The summed E-state index contributed by atoms with van der Waals surface area (Å²) >= 11 is 1.03. The lowest BCUT2D eigenvalue weighted by Gasteiger charge is -2.21. The monoisotopic (exact) mass is 291 g/mol. The number of hydrogen-bond acceptors (Lipinski definition) is 5. The van der Waals surface area contributed by atoms with Crippen molar-refractivity contribution in [3.05, 3.63) is 30.1 Å². The first-order valence-corrected chi connectivity index (χ1v) is 7.33. The minimum absolute atomic E-state index is 0.0818. The number of imide groups is 1. The van der Waals surface area contributed by atoms with Gasteiger partial charge < -0.3 is 4.90 Å². The first-order chi connectivity index (χ1) is 9.66. The third kappa shape index (κ3) is 2.29. The summed E-state index contributed by atoms with van der Waals surface area (Å²) in [4.78, 5) is 42.5. The van der Waals surface area contributed by atoms with E-state index in [-0.39, 0.29) is 28.8 Å². The molecule has 1 atom stereocenters. The van der Waals surface area contributed by atoms with Gasteiger partial charge in [-0.2, -0.15) is 0 Å². The third-order valence-corrected chi connectivity index (χ3v) is 4.36. The Balaban J connectivity index is 1.69. The van der Waals surface area contributed by atoms with Crippen molar-refractivity contribution in [1.82, 2.24) is 14.8 Å². The Morgan fingerprint density at radius 3 is 2.70 bits per heavy atom. The zero-order valence-corrected chi connectivity index (χ0v) is 11.5. The van der Waals surface area contributed by atoms with Crippen LogP contribution in [0.2, 0.25) is 0 Å². The van der Waals surface area contributed by atoms with Crippen molar-refractivity contribution in [3.63, 3.8) is 0 Å². The maximum absolute atomic E-state index is 12.3. The molecule has 0 spiro atoms. The summed E-state index contributed by atoms with van der Waals surface area (Å²) in [5, 5.41) is -0.196. The van der Waals surface area contributed by atoms with Crippen molar-refractivity contribution in [1.29, 1.82) is 0 Å². The topological polar surface area (TPSA) is 70.6 Å². The lowest BCUT2D eigenvalue weighted by atomic mass is 10.2. The zero-order valence-electron chi connectivity index (χ0n) is 10.7. The van der Waals surface area contributed by atoms with Crippen molar-refractivity contribution < 1.29 is 14.4 Å². The van der Waals surface area contributed by atoms with Gasteiger partial charge in [-0.25, -0.2) is 0 Å². The second-order valence-electron chi connectivity index (χ2n) is 4.75. The molecule has 0 bridgehead atoms. The Morgan fingerprint density at radius 2 is 2.05 bits per heavy atom. The molecule has 3 heterocycles. The Morgan fingerprint density at radius 1 is 1.30 bits per heavy atom. The number of carbonyl (C=O) groups is 3. The van der Waals surface area contributed by atoms with Crippen LogP contribution in [0.25, 0.3) is 0 Å². The van der Waals surface area contributed by atoms with E-state index in [2.05, 4.69) is 4.98 Å². The van der Waals surface area contributed by atoms with E-state index in [1.54, 1.807) is 29.4 Å². The normalized spacial score (nSPS) is 22.7. The number of amides is 3. The van der Waals surface area contributed by atoms with Crippen LogP contribution < -0.4 is 0 Å². The van der Waals surface area contributed by atoms with Crippen molar-refractivity contribution in [2.75, 3.05) is 18.8 Å². The van der Waals surface area contributed by atoms with Crippen LogP contribution in [0.5, 0.6) is 0 Å². The lowest BCUT2D eigenvalue weighted by molar-refractivity contribution is -0.126. The first kappa shape index (κ1) is 13.1. The van der Waals surface area contributed by atoms with Gasteiger partial charge in [0.05, 0.1) is 11.8 Å². The van der Waals surface area contributed by atoms with E-state index in [9.17, 15) is 14.4 Å². The number of nitrogens with zero attached hydrogens (tertiary/aromatic N) is 3. The number of hydrogen-bond donors (Lipinski definition) is 0. The van der Waals surface area contributed by atoms with E-state index in [0.29, 0.717) is 25.1 Å². The molecule has 1 aromatic heterocycles. The summed E-state index contributed by atoms with van der Waals surface area (Å²) in [6.07, 6.45) is 3.80. The van der Waals surface area contributed by atoms with Crippen LogP contribution in [-0.4, -0.2) is 56.7 Å². The minimum atomic E-state index is -0.196. The number of aromatic nitrogens is 1. The van der Waals surface area contributed by atoms with Crippen LogP contribution in [0.15, 0.2) is 24.5 Å². The fourth-order valence-electron chi connectivity index (χ4n) is 2.53. The molecule has 104 valence electrons. The summed E-state index contributed by atoms with van der Waals surface area (Å²) < 4.78 is 0. The Bertz CT molecular complexity index is 547. The molecule has 0 radical (unpaired) electrons. The second kappa shape index (κ2) is 5.24. The third-order valence-electron chi connectivity index (χ3n) is 3.53. The molecule has 7 heteroatoms. The van der Waals surface area contributed by atoms with Crippen LogP contribution in [0.4, 0.5) is 4.79 Å². The highest BCUT2D eigenvalue weighted by molar-refractivity contribution is 8.14. The molecule has 0 N–H and O–H groups in total. The zero-order chi connectivity index (χ0) is 14.1. The predicted octanol–water partition coefficient (Wildman–Crippen LogP) is 0.991. The van der Waals surface area contributed by atoms with Gasteiger partial charge in [-0.15, -0.1) is 0 Å². The average molecular weight is 291 g/mol. The van der Waals surface area contributed by atoms with Crippen LogP contribution in [0.3, 0.4) is 0 Å². The molecule has 20 heavy (non-hydrogen) atoms. The van der Waals surface area contributed by atoms with E-state index in [0.717, 1.165) is 11.8 Å². The van der Waals surface area contributed by atoms with E-state index < -0.39 is 0 Å². The first-order valence-electron chi connectivity index (χ1n) is 6.35. The Kier molecular flexibility index (Phi) is 3.43. The summed E-state index contributed by atoms with van der Waals surface area (Å²) in [6.45, 7) is 0.979. The predicted molar refractivity (Wildman–Crippen MR) is 73.2 cm³/mol. The number of pyridine rings is 1. The molecular formula is C13H13N3O3S. The van der Waals surface area contributed by atoms with E-state index in [1.165, 1.54) is 4.90 Å². The molecule has 0 saturated carbocycles. The number of likely N-dealkylation sites (tertiary alicyclic amines) is 1. The Labute approximate surface area is 120 Å². The molecule has 2 fully saturated rings. The van der Waals surface area contributed by atoms with Gasteiger partial charge in [0, 0.05) is 31.0 Å². The lowest BCUT2D eigenvalue weighted by Crippen LogP contribution is -2.41. The van der Waals surface area contributed by atoms with E-state index in [1.807, 2.05) is 0 Å². The van der Waals surface area contributed by atoms with Gasteiger partial charge in [-0.1, -0.05) is 11.8 Å². The van der Waals surface area contributed by atoms with Gasteiger partial charge in [0.15, 0.2) is 0 Å². The number of carbonyl (C=O) groups excluding carboxylic acids is 3. The summed E-state index contributed by atoms with van der Waals surface area (Å²) in [7, 11) is 0. The van der Waals surface area contributed by atoms with Gasteiger partial charge in [0.25, 0.3) is 11.1 Å². The molecule has 2 aliphatic rings. The highest BCUT2D eigenvalue weighted by atomic mass is 32.2. The van der Waals surface area contributed by atoms with Crippen LogP contribution in [-0.2, 0) is 4.79 Å². The van der Waals surface area contributed by atoms with Gasteiger partial charge in [0.1, 0.15) is 0 Å². The summed E-state index contributed by atoms with van der Waals surface area (Å²) in [5.41, 5.74) is 0.578. The molecule has 2 saturated heterocycles. The summed E-state index contributed by atoms with van der Waals surface area (Å²) in [6, 6.07) is 3.14. The fraction of sp³-hybridized carbons (Fsp3) is 0.385. The van der Waals surface area contributed by atoms with Crippen LogP contribution in [0, 0.1) is 0 Å². The Hall–Kier alpha value is -1.89. The number of rotatable bonds is 2. The fourth-order valence-corrected chi connectivity index (χ4v) is 3.31. The molecular weight excluding hydrogens is 278 g/mol. The average Bonchev–Trinajstić information content (AvgIpc) is 3.06. The maximum atomic E-state index is 12.3. The highest BCUT2D eigenvalue weighted by Crippen LogP contribution is 2.26. The standard InChI is InChI=1S/C13H13N3O3S/c17-11-8-20-13(19)16(11)10-3-6-15(7-10)12(18)9-1-4-14-5-2-9/h1-2,4-5,10H,3,6-8H2. The smallest absolute Gasteiger partial charge is 0.289 e. The molecule has 0 aromatic carbocycles. The van der Waals surface area contributed by atoms with E-state index in [4.69, 9.17) is 0 Å². The quantitative estimate of drug-likeness (QED) is 0.812. The van der Waals surface area contributed by atoms with Gasteiger partial charge >= 0.3 is 0 Å². The van der Waals surface area contributed by atoms with Gasteiger partial charge in [-0.3, -0.25) is 24.3 Å². The van der Waals surface area contributed by atoms with E-state index >= 15 is 0 Å². The molecule has 3 rings (SSSR count). The molecule has 1 unspecified atom stereocenters. The van der Waals surface area contributed by atoms with Gasteiger partial charge in [0.2, 0.25) is 5.91 Å². The van der Waals surface area contributed by atoms with Crippen molar-refractivity contribution in [2.45, 2.75) is 12.5 Å². The molecule has 3 amide bonds. The molecule has 1 aromatic rings. The van der Waals surface area contributed by atoms with Crippen LogP contribution in [0.1, 0.15) is 16.8 Å². The van der Waals surface area contributed by atoms with Crippen molar-refractivity contribution >= 4 is 28.8 Å². The highest BCUT2D eigenvalue weighted by Gasteiger charge is 2.40. The van der Waals surface area contributed by atoms with Gasteiger partial charge in [-0.05, 0) is 18.6 Å². The molecule has 6 nitrogen and oxygen atoms in total. The maximum Gasteiger partial charge on any atom is 0.289 e. The van der Waals surface area contributed by atoms with Crippen LogP contribution >= 0.6 is 11.8 Å². The minimum Gasteiger partial charge on any atom is -0.336 e. The largest absolute Gasteiger partial charge is 0.336 e. The molecule has 0 aliphatic carbocycles. The molecule has 2 aliphatic heterocycles. The summed E-state index contributed by atoms with van der Waals surface area (Å²) in [5.74, 6) is -0.0157. The van der Waals surface area contributed by atoms with Crippen molar-refractivity contribution in [2.24, 2.45) is 0 Å².